The fraction of sp³-hybridized carbons (Fsp3) is 0.533. The summed E-state index contributed by atoms with van der Waals surface area (Å²) in [5.74, 6) is -0.00953. The third-order valence-electron chi connectivity index (χ3n) is 2.80. The van der Waals surface area contributed by atoms with Crippen LogP contribution in [0, 0.1) is 0 Å². The van der Waals surface area contributed by atoms with Gasteiger partial charge in [-0.2, -0.15) is 0 Å². The predicted octanol–water partition coefficient (Wildman–Crippen LogP) is 2.95. The molecule has 0 aliphatic rings. The van der Waals surface area contributed by atoms with Crippen molar-refractivity contribution in [3.05, 3.63) is 30.3 Å². The Balaban J connectivity index is 2.80. The molecule has 1 aromatic rings. The van der Waals surface area contributed by atoms with Crippen molar-refractivity contribution >= 4 is 30.5 Å². The summed E-state index contributed by atoms with van der Waals surface area (Å²) in [5, 5.41) is 0. The molecule has 0 radical (unpaired) electrons. The van der Waals surface area contributed by atoms with E-state index in [0.29, 0.717) is 6.61 Å². The normalized spacial score (nSPS) is 13.9. The zero-order valence-corrected chi connectivity index (χ0v) is 13.8. The van der Waals surface area contributed by atoms with E-state index in [1.165, 1.54) is 3.61 Å². The van der Waals surface area contributed by atoms with E-state index in [1.807, 2.05) is 25.1 Å². The van der Waals surface area contributed by atoms with E-state index in [9.17, 15) is 4.79 Å². The van der Waals surface area contributed by atoms with Crippen molar-refractivity contribution in [1.82, 2.24) is 0 Å². The van der Waals surface area contributed by atoms with Crippen LogP contribution < -0.4 is 3.61 Å². The molecule has 0 saturated heterocycles. The fourth-order valence-electron chi connectivity index (χ4n) is 1.74. The molecular formula is C15H22O2Te. The first kappa shape index (κ1) is 15.5. The molecule has 0 saturated carbocycles. The Hall–Kier alpha value is -0.520. The van der Waals surface area contributed by atoms with Crippen LogP contribution in [0.25, 0.3) is 0 Å². The minimum absolute atomic E-state index is 0.00953. The van der Waals surface area contributed by atoms with E-state index in [0.717, 1.165) is 19.3 Å². The van der Waals surface area contributed by atoms with Crippen LogP contribution in [0.3, 0.4) is 0 Å². The van der Waals surface area contributed by atoms with Crippen LogP contribution in [0.4, 0.5) is 0 Å². The van der Waals surface area contributed by atoms with Gasteiger partial charge in [0.05, 0.1) is 0 Å². The molecule has 1 atom stereocenters. The zero-order valence-electron chi connectivity index (χ0n) is 11.4. The Morgan fingerprint density at radius 3 is 2.50 bits per heavy atom. The topological polar surface area (TPSA) is 26.3 Å². The van der Waals surface area contributed by atoms with Crippen molar-refractivity contribution < 1.29 is 9.53 Å². The van der Waals surface area contributed by atoms with Gasteiger partial charge < -0.3 is 0 Å². The van der Waals surface area contributed by atoms with Gasteiger partial charge in [0.15, 0.2) is 0 Å². The van der Waals surface area contributed by atoms with E-state index in [-0.39, 0.29) is 9.43 Å². The van der Waals surface area contributed by atoms with Crippen LogP contribution in [0.5, 0.6) is 0 Å². The zero-order chi connectivity index (χ0) is 13.4. The van der Waals surface area contributed by atoms with E-state index >= 15 is 0 Å². The van der Waals surface area contributed by atoms with Crippen molar-refractivity contribution in [3.8, 4) is 0 Å². The van der Waals surface area contributed by atoms with Gasteiger partial charge in [0.25, 0.3) is 0 Å². The SMILES string of the molecule is CCCCC(C)([Te]c1ccccc1)C(=O)OCC. The van der Waals surface area contributed by atoms with E-state index < -0.39 is 20.9 Å². The van der Waals surface area contributed by atoms with Crippen LogP contribution >= 0.6 is 0 Å². The summed E-state index contributed by atoms with van der Waals surface area (Å²) < 4.78 is 6.33. The molecule has 0 aromatic heterocycles. The molecule has 18 heavy (non-hydrogen) atoms. The second-order valence-electron chi connectivity index (χ2n) is 4.47. The minimum atomic E-state index is -0.566. The van der Waals surface area contributed by atoms with Crippen molar-refractivity contribution in [1.29, 1.82) is 0 Å². The summed E-state index contributed by atoms with van der Waals surface area (Å²) in [4.78, 5) is 12.2. The second-order valence-corrected chi connectivity index (χ2v) is 8.97. The standard InChI is InChI=1S/C15H22O2Te/c1-4-6-12-15(3,14(16)17-5-2)18-13-10-8-7-9-11-13/h7-11H,4-6,12H2,1-3H3. The first-order valence-electron chi connectivity index (χ1n) is 6.53. The molecule has 2 nitrogen and oxygen atoms in total. The molecular weight excluding hydrogens is 340 g/mol. The Labute approximate surface area is 120 Å². The van der Waals surface area contributed by atoms with Gasteiger partial charge in [-0.05, 0) is 0 Å². The summed E-state index contributed by atoms with van der Waals surface area (Å²) in [6, 6.07) is 10.4. The molecule has 0 amide bonds. The predicted molar refractivity (Wildman–Crippen MR) is 76.4 cm³/mol. The van der Waals surface area contributed by atoms with Crippen LogP contribution in [-0.4, -0.2) is 33.5 Å². The third-order valence-corrected chi connectivity index (χ3v) is 6.59. The molecule has 1 unspecified atom stereocenters. The van der Waals surface area contributed by atoms with Crippen molar-refractivity contribution in [2.75, 3.05) is 6.61 Å². The van der Waals surface area contributed by atoms with Gasteiger partial charge in [-0.1, -0.05) is 0 Å². The molecule has 3 heteroatoms. The molecule has 0 bridgehead atoms. The molecule has 1 rings (SSSR count). The summed E-state index contributed by atoms with van der Waals surface area (Å²) in [7, 11) is 0. The summed E-state index contributed by atoms with van der Waals surface area (Å²) in [6.45, 7) is 6.59. The average molecular weight is 362 g/mol. The third kappa shape index (κ3) is 4.63. The average Bonchev–Trinajstić information content (AvgIpc) is 2.38. The molecule has 0 fully saturated rings. The van der Waals surface area contributed by atoms with Crippen LogP contribution in [0.2, 0.25) is 3.46 Å². The van der Waals surface area contributed by atoms with Crippen molar-refractivity contribution in [2.24, 2.45) is 0 Å². The number of esters is 1. The van der Waals surface area contributed by atoms with Gasteiger partial charge in [0, 0.05) is 0 Å². The number of carbonyl (C=O) groups excluding carboxylic acids is 1. The van der Waals surface area contributed by atoms with Gasteiger partial charge in [0.2, 0.25) is 0 Å². The van der Waals surface area contributed by atoms with Gasteiger partial charge in [0.1, 0.15) is 0 Å². The summed E-state index contributed by atoms with van der Waals surface area (Å²) in [6.07, 6.45) is 3.16. The molecule has 0 heterocycles. The number of unbranched alkanes of at least 4 members (excludes halogenated alkanes) is 1. The first-order valence-corrected chi connectivity index (χ1v) is 8.86. The van der Waals surface area contributed by atoms with Crippen LogP contribution in [0.15, 0.2) is 30.3 Å². The van der Waals surface area contributed by atoms with E-state index in [1.54, 1.807) is 0 Å². The van der Waals surface area contributed by atoms with Gasteiger partial charge in [-0.15, -0.1) is 0 Å². The molecule has 100 valence electrons. The molecule has 0 spiro atoms. The molecule has 0 N–H and O–H groups in total. The summed E-state index contributed by atoms with van der Waals surface area (Å²) in [5.41, 5.74) is 0. The second kappa shape index (κ2) is 7.81. The van der Waals surface area contributed by atoms with Crippen LogP contribution in [-0.2, 0) is 9.53 Å². The maximum atomic E-state index is 12.2. The molecule has 0 aliphatic carbocycles. The van der Waals surface area contributed by atoms with E-state index in [2.05, 4.69) is 26.0 Å². The Kier molecular flexibility index (Phi) is 6.74. The number of hydrogen-bond acceptors (Lipinski definition) is 2. The Bertz CT molecular complexity index is 364. The van der Waals surface area contributed by atoms with Crippen molar-refractivity contribution in [2.45, 2.75) is 43.5 Å². The number of carbonyl (C=O) groups is 1. The van der Waals surface area contributed by atoms with Crippen LogP contribution in [0.1, 0.15) is 40.0 Å². The van der Waals surface area contributed by atoms with Gasteiger partial charge in [-0.25, -0.2) is 0 Å². The number of ether oxygens (including phenoxy) is 1. The van der Waals surface area contributed by atoms with E-state index in [4.69, 9.17) is 4.74 Å². The fourth-order valence-corrected chi connectivity index (χ4v) is 5.17. The quantitative estimate of drug-likeness (QED) is 0.551. The first-order chi connectivity index (χ1) is 8.62. The summed E-state index contributed by atoms with van der Waals surface area (Å²) >= 11 is -0.566. The Morgan fingerprint density at radius 2 is 1.94 bits per heavy atom. The number of benzene rings is 1. The Morgan fingerprint density at radius 1 is 1.28 bits per heavy atom. The molecule has 0 aliphatic heterocycles. The van der Waals surface area contributed by atoms with Crippen molar-refractivity contribution in [3.63, 3.8) is 0 Å². The monoisotopic (exact) mass is 364 g/mol. The maximum absolute atomic E-state index is 12.2. The number of rotatable bonds is 7. The van der Waals surface area contributed by atoms with Gasteiger partial charge >= 0.3 is 120 Å². The number of hydrogen-bond donors (Lipinski definition) is 0. The molecule has 1 aromatic carbocycles. The van der Waals surface area contributed by atoms with Gasteiger partial charge in [-0.3, -0.25) is 0 Å².